The Bertz CT molecular complexity index is 2160. The molecule has 0 saturated heterocycles. The molecule has 0 N–H and O–H groups in total. The van der Waals surface area contributed by atoms with Crippen LogP contribution in [-0.2, 0) is 0 Å². The summed E-state index contributed by atoms with van der Waals surface area (Å²) in [5.41, 5.74) is 7.25. The van der Waals surface area contributed by atoms with E-state index >= 15 is 0 Å². The Morgan fingerprint density at radius 2 is 1.00 bits per heavy atom. The highest BCUT2D eigenvalue weighted by Crippen LogP contribution is 2.46. The molecule has 40 heavy (non-hydrogen) atoms. The van der Waals surface area contributed by atoms with E-state index < -0.39 is 0 Å². The molecule has 0 spiro atoms. The Morgan fingerprint density at radius 3 is 1.80 bits per heavy atom. The molecule has 0 aliphatic carbocycles. The quantitative estimate of drug-likeness (QED) is 0.218. The molecule has 188 valence electrons. The molecular weight excluding hydrogens is 486 g/mol. The van der Waals surface area contributed by atoms with Gasteiger partial charge in [-0.25, -0.2) is 0 Å². The van der Waals surface area contributed by atoms with Crippen molar-refractivity contribution in [3.05, 3.63) is 152 Å². The van der Waals surface area contributed by atoms with Crippen molar-refractivity contribution < 1.29 is 4.42 Å². The first kappa shape index (κ1) is 22.6. The Morgan fingerprint density at radius 1 is 0.400 bits per heavy atom. The van der Waals surface area contributed by atoms with Gasteiger partial charge in [-0.1, -0.05) is 127 Å². The van der Waals surface area contributed by atoms with Crippen LogP contribution in [0.25, 0.3) is 54.6 Å². The summed E-state index contributed by atoms with van der Waals surface area (Å²) in [6.07, 6.45) is 0. The second-order valence-electron chi connectivity index (χ2n) is 10.1. The monoisotopic (exact) mass is 511 g/mol. The van der Waals surface area contributed by atoms with Gasteiger partial charge in [0.15, 0.2) is 5.58 Å². The Balaban J connectivity index is 1.46. The number of furan rings is 1. The van der Waals surface area contributed by atoms with Crippen LogP contribution < -0.4 is 4.90 Å². The fourth-order valence-electron chi connectivity index (χ4n) is 6.03. The van der Waals surface area contributed by atoms with Crippen molar-refractivity contribution >= 4 is 60.5 Å². The summed E-state index contributed by atoms with van der Waals surface area (Å²) in [5.74, 6) is 0. The summed E-state index contributed by atoms with van der Waals surface area (Å²) in [6, 6.07) is 53.6. The SMILES string of the molecule is c1ccc(-c2cccc3c2oc2c(N(c4ccccc4)c4cc5ccccc5c5ccccc45)cccc23)cc1. The standard InChI is InChI=1S/C38H25NO/c1-3-13-26(14-4-1)30-21-11-22-33-34-23-12-24-35(38(34)40-37(30)33)39(28-16-5-2-6-17-28)36-25-27-15-7-8-18-29(27)31-19-9-10-20-32(31)36/h1-25H. The lowest BCUT2D eigenvalue weighted by Crippen LogP contribution is -2.10. The van der Waals surface area contributed by atoms with Crippen molar-refractivity contribution in [2.45, 2.75) is 0 Å². The average Bonchev–Trinajstić information content (AvgIpc) is 3.42. The molecule has 0 amide bonds. The van der Waals surface area contributed by atoms with Crippen LogP contribution in [-0.4, -0.2) is 0 Å². The van der Waals surface area contributed by atoms with Gasteiger partial charge in [-0.15, -0.1) is 0 Å². The summed E-state index contributed by atoms with van der Waals surface area (Å²) in [7, 11) is 0. The zero-order chi connectivity index (χ0) is 26.5. The molecule has 2 nitrogen and oxygen atoms in total. The zero-order valence-electron chi connectivity index (χ0n) is 21.8. The number of rotatable bonds is 4. The van der Waals surface area contributed by atoms with Gasteiger partial charge < -0.3 is 9.32 Å². The molecule has 0 bridgehead atoms. The zero-order valence-corrected chi connectivity index (χ0v) is 21.8. The van der Waals surface area contributed by atoms with E-state index in [1.54, 1.807) is 0 Å². The van der Waals surface area contributed by atoms with Crippen LogP contribution in [0.15, 0.2) is 156 Å². The van der Waals surface area contributed by atoms with E-state index in [9.17, 15) is 0 Å². The summed E-state index contributed by atoms with van der Waals surface area (Å²) >= 11 is 0. The van der Waals surface area contributed by atoms with Crippen LogP contribution in [0.5, 0.6) is 0 Å². The van der Waals surface area contributed by atoms with Gasteiger partial charge in [0, 0.05) is 27.4 Å². The smallest absolute Gasteiger partial charge is 0.159 e. The van der Waals surface area contributed by atoms with Gasteiger partial charge in [0.2, 0.25) is 0 Å². The van der Waals surface area contributed by atoms with Crippen LogP contribution in [0.2, 0.25) is 0 Å². The van der Waals surface area contributed by atoms with Gasteiger partial charge in [-0.05, 0) is 46.0 Å². The van der Waals surface area contributed by atoms with Crippen molar-refractivity contribution in [2.75, 3.05) is 4.90 Å². The molecule has 0 saturated carbocycles. The molecule has 1 aromatic heterocycles. The van der Waals surface area contributed by atoms with Gasteiger partial charge in [0.05, 0.1) is 11.4 Å². The van der Waals surface area contributed by atoms with E-state index in [-0.39, 0.29) is 0 Å². The lowest BCUT2D eigenvalue weighted by Gasteiger charge is -2.27. The summed E-state index contributed by atoms with van der Waals surface area (Å²) < 4.78 is 6.85. The van der Waals surface area contributed by atoms with Gasteiger partial charge in [0.25, 0.3) is 0 Å². The molecule has 8 rings (SSSR count). The molecule has 0 aliphatic rings. The number of hydrogen-bond acceptors (Lipinski definition) is 2. The second-order valence-corrected chi connectivity index (χ2v) is 10.1. The Labute approximate surface area is 232 Å². The van der Waals surface area contributed by atoms with E-state index in [4.69, 9.17) is 4.42 Å². The normalized spacial score (nSPS) is 11.5. The molecular formula is C38H25NO. The van der Waals surface area contributed by atoms with E-state index in [2.05, 4.69) is 150 Å². The van der Waals surface area contributed by atoms with Gasteiger partial charge in [-0.2, -0.15) is 0 Å². The highest BCUT2D eigenvalue weighted by molar-refractivity contribution is 6.17. The predicted molar refractivity (Wildman–Crippen MR) is 169 cm³/mol. The molecule has 0 aliphatic heterocycles. The first-order chi connectivity index (χ1) is 19.9. The maximum atomic E-state index is 6.85. The molecule has 0 atom stereocenters. The average molecular weight is 512 g/mol. The highest BCUT2D eigenvalue weighted by Gasteiger charge is 2.22. The van der Waals surface area contributed by atoms with Crippen molar-refractivity contribution in [1.82, 2.24) is 0 Å². The fraction of sp³-hybridized carbons (Fsp3) is 0. The maximum Gasteiger partial charge on any atom is 0.159 e. The number of benzene rings is 7. The first-order valence-corrected chi connectivity index (χ1v) is 13.6. The first-order valence-electron chi connectivity index (χ1n) is 13.6. The van der Waals surface area contributed by atoms with Gasteiger partial charge in [-0.3, -0.25) is 0 Å². The third kappa shape index (κ3) is 3.50. The minimum Gasteiger partial charge on any atom is -0.453 e. The molecule has 8 aromatic rings. The van der Waals surface area contributed by atoms with Crippen LogP contribution in [0.3, 0.4) is 0 Å². The van der Waals surface area contributed by atoms with E-state index in [0.29, 0.717) is 0 Å². The molecule has 0 fully saturated rings. The highest BCUT2D eigenvalue weighted by atomic mass is 16.3. The third-order valence-corrected chi connectivity index (χ3v) is 7.83. The summed E-state index contributed by atoms with van der Waals surface area (Å²) in [4.78, 5) is 2.35. The number of anilines is 3. The minimum absolute atomic E-state index is 0.877. The lowest BCUT2D eigenvalue weighted by molar-refractivity contribution is 0.670. The van der Waals surface area contributed by atoms with E-state index in [1.165, 1.54) is 21.5 Å². The molecule has 1 heterocycles. The topological polar surface area (TPSA) is 16.4 Å². The van der Waals surface area contributed by atoms with Crippen LogP contribution in [0.4, 0.5) is 17.1 Å². The molecule has 0 unspecified atom stereocenters. The van der Waals surface area contributed by atoms with Crippen molar-refractivity contribution in [1.29, 1.82) is 0 Å². The number of nitrogens with zero attached hydrogens (tertiary/aromatic N) is 1. The number of fused-ring (bicyclic) bond motifs is 6. The van der Waals surface area contributed by atoms with Crippen LogP contribution >= 0.6 is 0 Å². The van der Waals surface area contributed by atoms with Crippen LogP contribution in [0, 0.1) is 0 Å². The lowest BCUT2D eigenvalue weighted by atomic mass is 9.98. The second kappa shape index (κ2) is 9.14. The van der Waals surface area contributed by atoms with E-state index in [0.717, 1.165) is 50.1 Å². The number of hydrogen-bond donors (Lipinski definition) is 0. The largest absolute Gasteiger partial charge is 0.453 e. The molecule has 2 heteroatoms. The fourth-order valence-corrected chi connectivity index (χ4v) is 6.03. The molecule has 7 aromatic carbocycles. The Kier molecular flexibility index (Phi) is 5.17. The number of para-hydroxylation sites is 3. The van der Waals surface area contributed by atoms with Crippen LogP contribution in [0.1, 0.15) is 0 Å². The van der Waals surface area contributed by atoms with Gasteiger partial charge >= 0.3 is 0 Å². The Hall–Kier alpha value is -5.34. The minimum atomic E-state index is 0.877. The maximum absolute atomic E-state index is 6.85. The van der Waals surface area contributed by atoms with Crippen molar-refractivity contribution in [2.24, 2.45) is 0 Å². The van der Waals surface area contributed by atoms with Crippen molar-refractivity contribution in [3.63, 3.8) is 0 Å². The summed E-state index contributed by atoms with van der Waals surface area (Å²) in [5, 5.41) is 7.12. The van der Waals surface area contributed by atoms with Gasteiger partial charge in [0.1, 0.15) is 5.58 Å². The summed E-state index contributed by atoms with van der Waals surface area (Å²) in [6.45, 7) is 0. The predicted octanol–water partition coefficient (Wildman–Crippen LogP) is 11.0. The van der Waals surface area contributed by atoms with E-state index in [1.807, 2.05) is 6.07 Å². The third-order valence-electron chi connectivity index (χ3n) is 7.83. The van der Waals surface area contributed by atoms with Crippen molar-refractivity contribution in [3.8, 4) is 11.1 Å². The molecule has 0 radical (unpaired) electrons.